The molecule has 1 aromatic rings. The average molecular weight is 272 g/mol. The number of hydrogen-bond donors (Lipinski definition) is 1. The summed E-state index contributed by atoms with van der Waals surface area (Å²) in [5.41, 5.74) is 0.544. The molecule has 98 valence electrons. The summed E-state index contributed by atoms with van der Waals surface area (Å²) in [4.78, 5) is 22.8. The second-order valence-electron chi connectivity index (χ2n) is 3.56. The van der Waals surface area contributed by atoms with E-state index >= 15 is 0 Å². The molecule has 1 amide bonds. The van der Waals surface area contributed by atoms with Crippen molar-refractivity contribution < 1.29 is 19.1 Å². The van der Waals surface area contributed by atoms with Gasteiger partial charge < -0.3 is 14.8 Å². The lowest BCUT2D eigenvalue weighted by Gasteiger charge is -2.13. The van der Waals surface area contributed by atoms with Gasteiger partial charge in [0.2, 0.25) is 0 Å². The van der Waals surface area contributed by atoms with E-state index in [1.807, 2.05) is 0 Å². The smallest absolute Gasteiger partial charge is 0.332 e. The molecule has 0 saturated heterocycles. The highest BCUT2D eigenvalue weighted by Crippen LogP contribution is 2.15. The lowest BCUT2D eigenvalue weighted by molar-refractivity contribution is -0.156. The van der Waals surface area contributed by atoms with E-state index in [0.717, 1.165) is 0 Å². The van der Waals surface area contributed by atoms with E-state index in [1.165, 1.54) is 14.0 Å². The maximum atomic E-state index is 11.7. The Hall–Kier alpha value is -1.59. The van der Waals surface area contributed by atoms with E-state index in [-0.39, 0.29) is 6.61 Å². The maximum absolute atomic E-state index is 11.7. The molecule has 1 aromatic carbocycles. The number of carbonyl (C=O) groups is 2. The van der Waals surface area contributed by atoms with Crippen molar-refractivity contribution in [2.75, 3.05) is 19.0 Å². The number of hydrogen-bond acceptors (Lipinski definition) is 4. The SMILES string of the molecule is COCC(=O)O[C@@H](C)C(=O)Nc1cccc(Cl)c1. The minimum Gasteiger partial charge on any atom is -0.451 e. The van der Waals surface area contributed by atoms with Gasteiger partial charge in [-0.05, 0) is 25.1 Å². The molecule has 0 aliphatic heterocycles. The van der Waals surface area contributed by atoms with Gasteiger partial charge in [0.15, 0.2) is 6.10 Å². The summed E-state index contributed by atoms with van der Waals surface area (Å²) in [6, 6.07) is 6.69. The van der Waals surface area contributed by atoms with Gasteiger partial charge >= 0.3 is 5.97 Å². The van der Waals surface area contributed by atoms with Gasteiger partial charge in [-0.15, -0.1) is 0 Å². The maximum Gasteiger partial charge on any atom is 0.332 e. The van der Waals surface area contributed by atoms with Gasteiger partial charge in [-0.2, -0.15) is 0 Å². The van der Waals surface area contributed by atoms with Crippen LogP contribution in [0.5, 0.6) is 0 Å². The first kappa shape index (κ1) is 14.5. The summed E-state index contributed by atoms with van der Waals surface area (Å²) < 4.78 is 9.44. The molecule has 1 N–H and O–H groups in total. The summed E-state index contributed by atoms with van der Waals surface area (Å²) in [5, 5.41) is 3.10. The van der Waals surface area contributed by atoms with Gasteiger partial charge in [0.05, 0.1) is 0 Å². The van der Waals surface area contributed by atoms with Gasteiger partial charge in [-0.1, -0.05) is 17.7 Å². The van der Waals surface area contributed by atoms with Crippen LogP contribution in [0.3, 0.4) is 0 Å². The number of anilines is 1. The third-order valence-electron chi connectivity index (χ3n) is 2.03. The normalized spacial score (nSPS) is 11.7. The molecule has 0 heterocycles. The lowest BCUT2D eigenvalue weighted by Crippen LogP contribution is -2.31. The Bertz CT molecular complexity index is 436. The molecule has 0 saturated carbocycles. The summed E-state index contributed by atoms with van der Waals surface area (Å²) in [5.74, 6) is -1.02. The molecule has 0 unspecified atom stereocenters. The fraction of sp³-hybridized carbons (Fsp3) is 0.333. The van der Waals surface area contributed by atoms with Crippen molar-refractivity contribution >= 4 is 29.2 Å². The Morgan fingerprint density at radius 1 is 1.44 bits per heavy atom. The van der Waals surface area contributed by atoms with Crippen molar-refractivity contribution in [1.29, 1.82) is 0 Å². The second kappa shape index (κ2) is 6.98. The van der Waals surface area contributed by atoms with Gasteiger partial charge in [-0.25, -0.2) is 4.79 Å². The molecule has 5 nitrogen and oxygen atoms in total. The van der Waals surface area contributed by atoms with Crippen LogP contribution in [0.1, 0.15) is 6.92 Å². The predicted molar refractivity (Wildman–Crippen MR) is 67.5 cm³/mol. The van der Waals surface area contributed by atoms with Gasteiger partial charge in [0, 0.05) is 17.8 Å². The standard InChI is InChI=1S/C12H14ClNO4/c1-8(18-11(15)7-17-2)12(16)14-10-5-3-4-9(13)6-10/h3-6,8H,7H2,1-2H3,(H,14,16)/t8-/m0/s1. The van der Waals surface area contributed by atoms with Crippen LogP contribution < -0.4 is 5.32 Å². The molecule has 1 rings (SSSR count). The number of carbonyl (C=O) groups excluding carboxylic acids is 2. The third-order valence-corrected chi connectivity index (χ3v) is 2.27. The Morgan fingerprint density at radius 3 is 2.78 bits per heavy atom. The number of benzene rings is 1. The zero-order valence-electron chi connectivity index (χ0n) is 10.1. The molecule has 6 heteroatoms. The number of methoxy groups -OCH3 is 1. The molecule has 0 spiro atoms. The predicted octanol–water partition coefficient (Wildman–Crippen LogP) is 1.86. The highest BCUT2D eigenvalue weighted by Gasteiger charge is 2.17. The monoisotopic (exact) mass is 271 g/mol. The molecule has 0 fully saturated rings. The van der Waals surface area contributed by atoms with E-state index in [2.05, 4.69) is 10.1 Å². The van der Waals surface area contributed by atoms with Gasteiger partial charge in [0.25, 0.3) is 5.91 Å². The number of amides is 1. The van der Waals surface area contributed by atoms with E-state index in [0.29, 0.717) is 10.7 Å². The van der Waals surface area contributed by atoms with Crippen molar-refractivity contribution in [3.63, 3.8) is 0 Å². The Balaban J connectivity index is 2.52. The number of esters is 1. The lowest BCUT2D eigenvalue weighted by atomic mass is 10.3. The molecule has 0 bridgehead atoms. The number of ether oxygens (including phenoxy) is 2. The van der Waals surface area contributed by atoms with Crippen LogP contribution >= 0.6 is 11.6 Å². The van der Waals surface area contributed by atoms with E-state index in [4.69, 9.17) is 16.3 Å². The second-order valence-corrected chi connectivity index (χ2v) is 4.00. The quantitative estimate of drug-likeness (QED) is 0.830. The molecule has 1 atom stereocenters. The van der Waals surface area contributed by atoms with Crippen LogP contribution in [0.4, 0.5) is 5.69 Å². The van der Waals surface area contributed by atoms with Crippen molar-refractivity contribution in [1.82, 2.24) is 0 Å². The molecule has 0 radical (unpaired) electrons. The highest BCUT2D eigenvalue weighted by atomic mass is 35.5. The minimum atomic E-state index is -0.897. The average Bonchev–Trinajstić information content (AvgIpc) is 2.29. The first-order valence-electron chi connectivity index (χ1n) is 5.27. The van der Waals surface area contributed by atoms with Crippen LogP contribution in [0, 0.1) is 0 Å². The Kier molecular flexibility index (Phi) is 5.61. The summed E-state index contributed by atoms with van der Waals surface area (Å²) in [6.07, 6.45) is -0.897. The number of nitrogens with one attached hydrogen (secondary N) is 1. The molecule has 0 aliphatic carbocycles. The fourth-order valence-electron chi connectivity index (χ4n) is 1.21. The van der Waals surface area contributed by atoms with E-state index < -0.39 is 18.0 Å². The summed E-state index contributed by atoms with van der Waals surface area (Å²) >= 11 is 5.78. The van der Waals surface area contributed by atoms with Crippen LogP contribution in [0.25, 0.3) is 0 Å². The van der Waals surface area contributed by atoms with Gasteiger partial charge in [0.1, 0.15) is 6.61 Å². The summed E-state index contributed by atoms with van der Waals surface area (Å²) in [7, 11) is 1.37. The molecule has 18 heavy (non-hydrogen) atoms. The highest BCUT2D eigenvalue weighted by molar-refractivity contribution is 6.30. The van der Waals surface area contributed by atoms with Crippen molar-refractivity contribution in [2.24, 2.45) is 0 Å². The minimum absolute atomic E-state index is 0.186. The van der Waals surface area contributed by atoms with Crippen LogP contribution in [-0.2, 0) is 19.1 Å². The third kappa shape index (κ3) is 4.73. The van der Waals surface area contributed by atoms with Crippen molar-refractivity contribution in [3.8, 4) is 0 Å². The zero-order chi connectivity index (χ0) is 13.5. The largest absolute Gasteiger partial charge is 0.451 e. The van der Waals surface area contributed by atoms with Crippen LogP contribution in [-0.4, -0.2) is 31.7 Å². The fourth-order valence-corrected chi connectivity index (χ4v) is 1.40. The number of rotatable bonds is 5. The van der Waals surface area contributed by atoms with Crippen LogP contribution in [0.15, 0.2) is 24.3 Å². The van der Waals surface area contributed by atoms with Crippen LogP contribution in [0.2, 0.25) is 5.02 Å². The first-order chi connectivity index (χ1) is 8.52. The molecular weight excluding hydrogens is 258 g/mol. The Morgan fingerprint density at radius 2 is 2.17 bits per heavy atom. The topological polar surface area (TPSA) is 64.6 Å². The Labute approximate surface area is 110 Å². The molecular formula is C12H14ClNO4. The van der Waals surface area contributed by atoms with E-state index in [1.54, 1.807) is 24.3 Å². The summed E-state index contributed by atoms with van der Waals surface area (Å²) in [6.45, 7) is 1.29. The van der Waals surface area contributed by atoms with E-state index in [9.17, 15) is 9.59 Å². The zero-order valence-corrected chi connectivity index (χ0v) is 10.9. The van der Waals surface area contributed by atoms with Gasteiger partial charge in [-0.3, -0.25) is 4.79 Å². The van der Waals surface area contributed by atoms with Crippen molar-refractivity contribution in [3.05, 3.63) is 29.3 Å². The van der Waals surface area contributed by atoms with Crippen molar-refractivity contribution in [2.45, 2.75) is 13.0 Å². The molecule has 0 aromatic heterocycles. The first-order valence-corrected chi connectivity index (χ1v) is 5.65. The molecule has 0 aliphatic rings. The number of halogens is 1.